The summed E-state index contributed by atoms with van der Waals surface area (Å²) in [5.41, 5.74) is 0.403. The molecule has 0 spiro atoms. The van der Waals surface area contributed by atoms with Crippen LogP contribution >= 0.6 is 0 Å². The highest BCUT2D eigenvalue weighted by molar-refractivity contribution is 7.89. The molecule has 3 heterocycles. The third-order valence-electron chi connectivity index (χ3n) is 5.51. The largest absolute Gasteiger partial charge is 0.467 e. The van der Waals surface area contributed by atoms with Crippen molar-refractivity contribution < 1.29 is 22.4 Å². The maximum atomic E-state index is 12.9. The second kappa shape index (κ2) is 9.59. The number of carbonyl (C=O) groups excluding carboxylic acids is 2. The molecule has 3 aromatic rings. The van der Waals surface area contributed by atoms with E-state index < -0.39 is 15.9 Å². The highest BCUT2D eigenvalue weighted by Gasteiger charge is 2.32. The van der Waals surface area contributed by atoms with Gasteiger partial charge in [0.25, 0.3) is 5.91 Å². The highest BCUT2D eigenvalue weighted by Crippen LogP contribution is 2.25. The molecular formula is C22H25N5O5S. The number of anilines is 1. The molecule has 2 aromatic heterocycles. The Morgan fingerprint density at radius 2 is 1.85 bits per heavy atom. The molecule has 174 valence electrons. The number of nitrogens with one attached hydrogen (secondary N) is 2. The summed E-state index contributed by atoms with van der Waals surface area (Å²) >= 11 is 0. The van der Waals surface area contributed by atoms with E-state index in [1.54, 1.807) is 55.7 Å². The first kappa shape index (κ1) is 22.7. The number of rotatable bonds is 7. The average molecular weight is 472 g/mol. The molecule has 1 aliphatic rings. The van der Waals surface area contributed by atoms with E-state index in [0.717, 1.165) is 0 Å². The van der Waals surface area contributed by atoms with E-state index in [1.165, 1.54) is 15.3 Å². The number of hydrogen-bond acceptors (Lipinski definition) is 6. The van der Waals surface area contributed by atoms with Crippen molar-refractivity contribution in [2.45, 2.75) is 24.3 Å². The molecule has 1 fully saturated rings. The van der Waals surface area contributed by atoms with E-state index >= 15 is 0 Å². The van der Waals surface area contributed by atoms with Crippen LogP contribution in [0.15, 0.2) is 64.2 Å². The average Bonchev–Trinajstić information content (AvgIpc) is 3.47. The van der Waals surface area contributed by atoms with Gasteiger partial charge in [0.2, 0.25) is 15.9 Å². The maximum Gasteiger partial charge on any atom is 0.274 e. The highest BCUT2D eigenvalue weighted by atomic mass is 32.2. The van der Waals surface area contributed by atoms with Crippen molar-refractivity contribution in [3.63, 3.8) is 0 Å². The minimum atomic E-state index is -3.58. The Balaban J connectivity index is 1.36. The van der Waals surface area contributed by atoms with Crippen LogP contribution in [0.5, 0.6) is 0 Å². The molecule has 0 atom stereocenters. The number of aromatic nitrogens is 2. The lowest BCUT2D eigenvalue weighted by Gasteiger charge is -2.30. The quantitative estimate of drug-likeness (QED) is 0.543. The van der Waals surface area contributed by atoms with Crippen molar-refractivity contribution in [3.05, 3.63) is 66.4 Å². The summed E-state index contributed by atoms with van der Waals surface area (Å²) in [5, 5.41) is 9.66. The number of sulfonamides is 1. The molecule has 1 saturated heterocycles. The number of amides is 2. The third kappa shape index (κ3) is 5.15. The first-order valence-electron chi connectivity index (χ1n) is 10.5. The Labute approximate surface area is 191 Å². The van der Waals surface area contributed by atoms with Gasteiger partial charge in [-0.25, -0.2) is 8.42 Å². The summed E-state index contributed by atoms with van der Waals surface area (Å²) in [5.74, 6) is -0.473. The summed E-state index contributed by atoms with van der Waals surface area (Å²) in [6, 6.07) is 11.7. The first-order chi connectivity index (χ1) is 15.8. The molecule has 33 heavy (non-hydrogen) atoms. The SMILES string of the molecule is Cn1cc(NC(=O)C2CCN(S(=O)(=O)c3ccccc3)CC2)c(C(=O)NCc2ccco2)n1. The topological polar surface area (TPSA) is 127 Å². The number of hydrogen-bond donors (Lipinski definition) is 2. The first-order valence-corrected chi connectivity index (χ1v) is 12.0. The second-order valence-corrected chi connectivity index (χ2v) is 9.75. The normalized spacial score (nSPS) is 15.3. The number of piperidine rings is 1. The fraction of sp³-hybridized carbons (Fsp3) is 0.318. The van der Waals surface area contributed by atoms with Gasteiger partial charge >= 0.3 is 0 Å². The van der Waals surface area contributed by atoms with Gasteiger partial charge in [-0.2, -0.15) is 9.40 Å². The summed E-state index contributed by atoms with van der Waals surface area (Å²) in [7, 11) is -1.92. The minimum absolute atomic E-state index is 0.0986. The summed E-state index contributed by atoms with van der Waals surface area (Å²) in [6.07, 6.45) is 3.86. The predicted octanol–water partition coefficient (Wildman–Crippen LogP) is 1.98. The number of furan rings is 1. The van der Waals surface area contributed by atoms with Gasteiger partial charge in [0.15, 0.2) is 5.69 Å². The van der Waals surface area contributed by atoms with E-state index in [4.69, 9.17) is 4.42 Å². The van der Waals surface area contributed by atoms with Crippen LogP contribution in [0.3, 0.4) is 0 Å². The van der Waals surface area contributed by atoms with Gasteiger partial charge in [0, 0.05) is 32.3 Å². The molecule has 0 aliphatic carbocycles. The van der Waals surface area contributed by atoms with Gasteiger partial charge in [0.05, 0.1) is 23.4 Å². The Morgan fingerprint density at radius 1 is 1.12 bits per heavy atom. The molecule has 2 amide bonds. The molecule has 2 N–H and O–H groups in total. The summed E-state index contributed by atoms with van der Waals surface area (Å²) < 4.78 is 33.6. The van der Waals surface area contributed by atoms with Crippen LogP contribution in [0.2, 0.25) is 0 Å². The Hall–Kier alpha value is -3.44. The van der Waals surface area contributed by atoms with Gasteiger partial charge in [-0.1, -0.05) is 18.2 Å². The van der Waals surface area contributed by atoms with Gasteiger partial charge < -0.3 is 15.1 Å². The van der Waals surface area contributed by atoms with Crippen molar-refractivity contribution in [3.8, 4) is 0 Å². The molecule has 11 heteroatoms. The lowest BCUT2D eigenvalue weighted by atomic mass is 9.97. The summed E-state index contributed by atoms with van der Waals surface area (Å²) in [4.78, 5) is 25.7. The van der Waals surface area contributed by atoms with Crippen LogP contribution in [-0.4, -0.2) is 47.4 Å². The lowest BCUT2D eigenvalue weighted by Crippen LogP contribution is -2.41. The Morgan fingerprint density at radius 3 is 2.52 bits per heavy atom. The van der Waals surface area contributed by atoms with Crippen LogP contribution in [0.25, 0.3) is 0 Å². The smallest absolute Gasteiger partial charge is 0.274 e. The number of nitrogens with zero attached hydrogens (tertiary/aromatic N) is 3. The fourth-order valence-electron chi connectivity index (χ4n) is 3.75. The zero-order chi connectivity index (χ0) is 23.4. The van der Waals surface area contributed by atoms with E-state index in [1.807, 2.05) is 0 Å². The number of carbonyl (C=O) groups is 2. The van der Waals surface area contributed by atoms with Gasteiger partial charge in [-0.3, -0.25) is 14.3 Å². The van der Waals surface area contributed by atoms with Gasteiger partial charge in [-0.15, -0.1) is 0 Å². The molecule has 10 nitrogen and oxygen atoms in total. The molecule has 0 unspecified atom stereocenters. The predicted molar refractivity (Wildman–Crippen MR) is 120 cm³/mol. The zero-order valence-corrected chi connectivity index (χ0v) is 18.9. The van der Waals surface area contributed by atoms with Crippen molar-refractivity contribution in [2.24, 2.45) is 13.0 Å². The van der Waals surface area contributed by atoms with E-state index in [-0.39, 0.29) is 42.0 Å². The molecule has 1 aliphatic heterocycles. The lowest BCUT2D eigenvalue weighted by molar-refractivity contribution is -0.120. The number of aryl methyl sites for hydroxylation is 1. The van der Waals surface area contributed by atoms with Crippen LogP contribution in [0.1, 0.15) is 29.1 Å². The van der Waals surface area contributed by atoms with Crippen LogP contribution in [-0.2, 0) is 28.4 Å². The Bertz CT molecular complexity index is 1210. The molecule has 1 aromatic carbocycles. The molecule has 4 rings (SSSR count). The number of benzene rings is 1. The molecular weight excluding hydrogens is 446 g/mol. The van der Waals surface area contributed by atoms with E-state index in [0.29, 0.717) is 24.3 Å². The van der Waals surface area contributed by atoms with Crippen molar-refractivity contribution in [1.29, 1.82) is 0 Å². The Kier molecular flexibility index (Phi) is 6.61. The standard InChI is InChI=1S/C22H25N5O5S/c1-26-15-19(20(25-26)22(29)23-14-17-6-5-13-32-17)24-21(28)16-9-11-27(12-10-16)33(30,31)18-7-3-2-4-8-18/h2-8,13,15-16H,9-12,14H2,1H3,(H,23,29)(H,24,28). The minimum Gasteiger partial charge on any atom is -0.467 e. The van der Waals surface area contributed by atoms with E-state index in [9.17, 15) is 18.0 Å². The summed E-state index contributed by atoms with van der Waals surface area (Å²) in [6.45, 7) is 0.696. The van der Waals surface area contributed by atoms with E-state index in [2.05, 4.69) is 15.7 Å². The van der Waals surface area contributed by atoms with Crippen LogP contribution in [0.4, 0.5) is 5.69 Å². The van der Waals surface area contributed by atoms with Gasteiger partial charge in [0.1, 0.15) is 5.76 Å². The van der Waals surface area contributed by atoms with Crippen LogP contribution < -0.4 is 10.6 Å². The second-order valence-electron chi connectivity index (χ2n) is 7.81. The monoisotopic (exact) mass is 471 g/mol. The maximum absolute atomic E-state index is 12.9. The van der Waals surface area contributed by atoms with Crippen molar-refractivity contribution in [2.75, 3.05) is 18.4 Å². The fourth-order valence-corrected chi connectivity index (χ4v) is 5.24. The third-order valence-corrected chi connectivity index (χ3v) is 7.42. The van der Waals surface area contributed by atoms with Crippen molar-refractivity contribution in [1.82, 2.24) is 19.4 Å². The molecule has 0 radical (unpaired) electrons. The molecule has 0 saturated carbocycles. The van der Waals surface area contributed by atoms with Gasteiger partial charge in [-0.05, 0) is 37.1 Å². The van der Waals surface area contributed by atoms with Crippen LogP contribution in [0, 0.1) is 5.92 Å². The van der Waals surface area contributed by atoms with Crippen molar-refractivity contribution >= 4 is 27.5 Å². The zero-order valence-electron chi connectivity index (χ0n) is 18.1. The molecule has 0 bridgehead atoms.